The fraction of sp³-hybridized carbons (Fsp3) is 0.781. The Morgan fingerprint density at radius 3 is 2.66 bits per heavy atom. The van der Waals surface area contributed by atoms with Crippen LogP contribution < -0.4 is 9.63 Å². The Bertz CT molecular complexity index is 1050. The summed E-state index contributed by atoms with van der Waals surface area (Å²) in [6.45, 7) is 2.93. The fourth-order valence-corrected chi connectivity index (χ4v) is 6.77. The van der Waals surface area contributed by atoms with Crippen molar-refractivity contribution in [3.8, 4) is 5.75 Å². The molecule has 1 saturated carbocycles. The number of phosphoric acid groups is 1. The molecule has 0 amide bonds. The molecule has 1 aromatic carbocycles. The molecule has 252 valence electrons. The number of hydrogen-bond acceptors (Lipinski definition) is 9. The Hall–Kier alpha value is -1.56. The molecule has 0 spiro atoms. The number of fused-ring (bicyclic) bond motifs is 1. The van der Waals surface area contributed by atoms with E-state index in [2.05, 4.69) is 11.4 Å². The van der Waals surface area contributed by atoms with E-state index in [-0.39, 0.29) is 42.9 Å². The number of hydrogen-bond donors (Lipinski definition) is 3. The summed E-state index contributed by atoms with van der Waals surface area (Å²) in [5.41, 5.74) is 0.824. The molecule has 11 nitrogen and oxygen atoms in total. The zero-order chi connectivity index (χ0) is 32.2. The highest BCUT2D eigenvalue weighted by atomic mass is 31.2. The van der Waals surface area contributed by atoms with Gasteiger partial charge in [0.15, 0.2) is 6.79 Å². The molecule has 44 heavy (non-hydrogen) atoms. The van der Waals surface area contributed by atoms with Gasteiger partial charge < -0.3 is 38.7 Å². The monoisotopic (exact) mass is 643 g/mol. The van der Waals surface area contributed by atoms with Gasteiger partial charge in [0.25, 0.3) is 7.82 Å². The van der Waals surface area contributed by atoms with Gasteiger partial charge in [-0.2, -0.15) is 0 Å². The average Bonchev–Trinajstić information content (AvgIpc) is 3.46. The first-order valence-electron chi connectivity index (χ1n) is 16.2. The van der Waals surface area contributed by atoms with Crippen molar-refractivity contribution in [2.24, 2.45) is 11.8 Å². The summed E-state index contributed by atoms with van der Waals surface area (Å²) in [6.07, 6.45) is 9.91. The van der Waals surface area contributed by atoms with Crippen LogP contribution in [0.3, 0.4) is 0 Å². The van der Waals surface area contributed by atoms with Crippen LogP contribution in [0.2, 0.25) is 0 Å². The van der Waals surface area contributed by atoms with Crippen LogP contribution in [-0.2, 0) is 29.9 Å². The summed E-state index contributed by atoms with van der Waals surface area (Å²) in [5.74, 6) is 0.779. The summed E-state index contributed by atoms with van der Waals surface area (Å²) in [6, 6.07) is 7.16. The maximum atomic E-state index is 12.4. The van der Waals surface area contributed by atoms with Crippen LogP contribution in [0.5, 0.6) is 5.75 Å². The summed E-state index contributed by atoms with van der Waals surface area (Å²) in [7, 11) is -0.872. The van der Waals surface area contributed by atoms with Gasteiger partial charge >= 0.3 is 5.97 Å². The molecule has 1 unspecified atom stereocenters. The Morgan fingerprint density at radius 1 is 1.14 bits per heavy atom. The van der Waals surface area contributed by atoms with Crippen LogP contribution in [0.4, 0.5) is 0 Å². The Morgan fingerprint density at radius 2 is 1.91 bits per heavy atom. The van der Waals surface area contributed by atoms with E-state index in [0.29, 0.717) is 42.1 Å². The predicted molar refractivity (Wildman–Crippen MR) is 163 cm³/mol. The number of nitrogens with zero attached hydrogens (tertiary/aromatic N) is 1. The smallest absolute Gasteiger partial charge is 0.305 e. The van der Waals surface area contributed by atoms with Gasteiger partial charge in [-0.25, -0.2) is 0 Å². The lowest BCUT2D eigenvalue weighted by atomic mass is 9.85. The molecule has 0 radical (unpaired) electrons. The number of carbonyl (C=O) groups is 1. The maximum absolute atomic E-state index is 12.4. The molecule has 1 aliphatic carbocycles. The van der Waals surface area contributed by atoms with Crippen LogP contribution >= 0.6 is 7.82 Å². The first-order chi connectivity index (χ1) is 20.9. The van der Waals surface area contributed by atoms with Crippen molar-refractivity contribution in [1.29, 1.82) is 0 Å². The molecule has 1 heterocycles. The molecule has 1 saturated heterocycles. The number of carbonyl (C=O) groups excluding carboxylic acids is 1. The zero-order valence-electron chi connectivity index (χ0n) is 26.7. The number of unbranched alkanes of at least 4 members (excludes halogenated alkanes) is 3. The van der Waals surface area contributed by atoms with E-state index in [1.807, 2.05) is 26.2 Å². The molecule has 3 N–H and O–H groups in total. The van der Waals surface area contributed by atoms with Crippen molar-refractivity contribution in [1.82, 2.24) is 0 Å². The molecule has 1 aliphatic heterocycles. The van der Waals surface area contributed by atoms with Gasteiger partial charge in [-0.3, -0.25) is 13.9 Å². The van der Waals surface area contributed by atoms with Crippen molar-refractivity contribution in [3.63, 3.8) is 0 Å². The number of ether oxygens (including phenoxy) is 3. The lowest BCUT2D eigenvalue weighted by Gasteiger charge is -2.30. The predicted octanol–water partition coefficient (Wildman–Crippen LogP) is 4.06. The molecule has 2 aliphatic rings. The van der Waals surface area contributed by atoms with Gasteiger partial charge in [-0.1, -0.05) is 44.7 Å². The summed E-state index contributed by atoms with van der Waals surface area (Å²) in [4.78, 5) is 31.9. The molecule has 1 aromatic rings. The van der Waals surface area contributed by atoms with E-state index in [1.165, 1.54) is 0 Å². The van der Waals surface area contributed by atoms with E-state index in [1.54, 1.807) is 12.1 Å². The minimum absolute atomic E-state index is 0.104. The summed E-state index contributed by atoms with van der Waals surface area (Å²) < 4.78 is 32.7. The number of phosphoric ester groups is 1. The van der Waals surface area contributed by atoms with E-state index in [0.717, 1.165) is 69.8 Å². The highest BCUT2D eigenvalue weighted by molar-refractivity contribution is 7.44. The van der Waals surface area contributed by atoms with Gasteiger partial charge in [0.05, 0.1) is 38.5 Å². The van der Waals surface area contributed by atoms with Crippen LogP contribution in [0.1, 0.15) is 89.5 Å². The second-order valence-corrected chi connectivity index (χ2v) is 14.3. The molecule has 12 heteroatoms. The Balaban J connectivity index is 1.29. The number of para-hydroxylation sites is 1. The first kappa shape index (κ1) is 36.9. The number of benzene rings is 1. The minimum atomic E-state index is -4.87. The van der Waals surface area contributed by atoms with Gasteiger partial charge in [0, 0.05) is 18.4 Å². The van der Waals surface area contributed by atoms with Gasteiger partial charge in [0.2, 0.25) is 0 Å². The molecule has 2 fully saturated rings. The number of quaternary nitrogens is 1. The van der Waals surface area contributed by atoms with E-state index >= 15 is 0 Å². The molecular weight excluding hydrogens is 589 g/mol. The van der Waals surface area contributed by atoms with Crippen molar-refractivity contribution in [2.75, 3.05) is 34.0 Å². The third kappa shape index (κ3) is 13.0. The molecule has 7 atom stereocenters. The van der Waals surface area contributed by atoms with Gasteiger partial charge in [0.1, 0.15) is 25.4 Å². The normalized spacial score (nSPS) is 25.4. The highest BCUT2D eigenvalue weighted by Gasteiger charge is 2.48. The van der Waals surface area contributed by atoms with Crippen LogP contribution in [-0.4, -0.2) is 84.0 Å². The zero-order valence-corrected chi connectivity index (χ0v) is 27.6. The third-order valence-electron chi connectivity index (χ3n) is 8.99. The lowest BCUT2D eigenvalue weighted by molar-refractivity contribution is -0.903. The maximum Gasteiger partial charge on any atom is 0.305 e. The fourth-order valence-electron chi connectivity index (χ4n) is 6.58. The number of esters is 1. The molecule has 0 aromatic heterocycles. The second kappa shape index (κ2) is 18.0. The van der Waals surface area contributed by atoms with Crippen molar-refractivity contribution < 1.29 is 52.6 Å². The van der Waals surface area contributed by atoms with Crippen LogP contribution in [0.15, 0.2) is 24.3 Å². The Kier molecular flexibility index (Phi) is 15.1. The molecule has 0 bridgehead atoms. The average molecular weight is 644 g/mol. The largest absolute Gasteiger partial charge is 0.756 e. The quantitative estimate of drug-likeness (QED) is 0.0588. The minimum Gasteiger partial charge on any atom is -0.756 e. The lowest BCUT2D eigenvalue weighted by Crippen LogP contribution is -2.41. The van der Waals surface area contributed by atoms with Gasteiger partial charge in [-0.15, -0.1) is 0 Å². The molecular formula is C32H54NO10P. The van der Waals surface area contributed by atoms with Crippen molar-refractivity contribution >= 4 is 13.8 Å². The first-order valence-corrected chi connectivity index (χ1v) is 17.7. The number of rotatable bonds is 21. The SMILES string of the molecule is CCCCC[C@H](O)CC[C@@H]1[C@H]2C[C@@H](CCCCC(=O)OCC[N+](C)(C)Cc3ccccc3OCOP(=O)([O-])O)O[C@H]2C[C@H]1O. The second-order valence-electron chi connectivity index (χ2n) is 13.1. The Labute approximate surface area is 262 Å². The van der Waals surface area contributed by atoms with Crippen LogP contribution in [0, 0.1) is 11.8 Å². The summed E-state index contributed by atoms with van der Waals surface area (Å²) >= 11 is 0. The van der Waals surface area contributed by atoms with E-state index in [4.69, 9.17) is 19.1 Å². The van der Waals surface area contributed by atoms with Gasteiger partial charge in [-0.05, 0) is 62.5 Å². The topological polar surface area (TPSA) is 155 Å². The number of aliphatic hydroxyl groups is 2. The van der Waals surface area contributed by atoms with Crippen molar-refractivity contribution in [3.05, 3.63) is 29.8 Å². The third-order valence-corrected chi connectivity index (χ3v) is 9.42. The number of likely N-dealkylation sites (N-methyl/N-ethyl adjacent to an activating group) is 1. The standard InChI is InChI=1S/C32H54NO10P/c1-4-5-6-12-25(34)16-17-27-28-20-26(43-31(28)21-29(27)35)13-8-10-15-32(36)40-19-18-33(2,3)22-24-11-7-9-14-30(24)41-23-42-44(37,38)39/h7,9,11,14,25-29,31,34-35H,4-6,8,10,12-13,15-23H2,1-3H3,(H-,37,38,39)/t25-,26+,27+,28+,29+,31-/m0/s1. The number of aliphatic hydroxyl groups excluding tert-OH is 2. The van der Waals surface area contributed by atoms with E-state index in [9.17, 15) is 24.5 Å². The summed E-state index contributed by atoms with van der Waals surface area (Å²) in [5, 5.41) is 20.9. The van der Waals surface area contributed by atoms with E-state index < -0.39 is 14.6 Å². The highest BCUT2D eigenvalue weighted by Crippen LogP contribution is 2.46. The molecule has 3 rings (SSSR count). The van der Waals surface area contributed by atoms with Crippen molar-refractivity contribution in [2.45, 2.75) is 115 Å². The van der Waals surface area contributed by atoms with Crippen LogP contribution in [0.25, 0.3) is 0 Å².